The molecule has 2 bridgehead atoms. The molecule has 2 aromatic heterocycles. The van der Waals surface area contributed by atoms with Crippen LogP contribution >= 0.6 is 0 Å². The number of hydrogen-bond acceptors (Lipinski definition) is 3. The zero-order chi connectivity index (χ0) is 15.1. The summed E-state index contributed by atoms with van der Waals surface area (Å²) in [6.45, 7) is 3.34. The van der Waals surface area contributed by atoms with Crippen molar-refractivity contribution >= 4 is 11.6 Å². The molecule has 4 rings (SSSR count). The summed E-state index contributed by atoms with van der Waals surface area (Å²) in [5, 5.41) is 3.17. The van der Waals surface area contributed by atoms with E-state index < -0.39 is 0 Å². The van der Waals surface area contributed by atoms with Gasteiger partial charge >= 0.3 is 0 Å². The molecule has 0 radical (unpaired) electrons. The summed E-state index contributed by atoms with van der Waals surface area (Å²) in [7, 11) is 0. The first-order chi connectivity index (χ1) is 10.7. The van der Waals surface area contributed by atoms with Crippen molar-refractivity contribution in [1.29, 1.82) is 0 Å². The van der Waals surface area contributed by atoms with Gasteiger partial charge < -0.3 is 14.6 Å². The Balaban J connectivity index is 1.51. The number of rotatable bonds is 2. The van der Waals surface area contributed by atoms with Crippen LogP contribution < -0.4 is 5.32 Å². The fourth-order valence-corrected chi connectivity index (χ4v) is 3.63. The van der Waals surface area contributed by atoms with Crippen molar-refractivity contribution in [2.75, 3.05) is 19.6 Å². The van der Waals surface area contributed by atoms with Gasteiger partial charge in [0.2, 0.25) is 0 Å². The van der Waals surface area contributed by atoms with Gasteiger partial charge in [-0.2, -0.15) is 0 Å². The van der Waals surface area contributed by atoms with Crippen LogP contribution in [0, 0.1) is 18.3 Å². The molecule has 2 fully saturated rings. The molecule has 2 aromatic rings. The van der Waals surface area contributed by atoms with Crippen LogP contribution in [0.1, 0.15) is 28.9 Å². The van der Waals surface area contributed by atoms with E-state index in [1.54, 1.807) is 22.9 Å². The molecule has 3 atom stereocenters. The van der Waals surface area contributed by atoms with Crippen LogP contribution in [0.4, 0.5) is 0 Å². The average molecular weight is 294 g/mol. The number of terminal acetylenes is 1. The molecule has 2 aliphatic rings. The molecule has 5 heteroatoms. The minimum atomic E-state index is -0.0228. The zero-order valence-electron chi connectivity index (χ0n) is 12.3. The molecule has 22 heavy (non-hydrogen) atoms. The van der Waals surface area contributed by atoms with E-state index in [1.807, 2.05) is 6.07 Å². The monoisotopic (exact) mass is 294 g/mol. The number of pyridine rings is 1. The van der Waals surface area contributed by atoms with Gasteiger partial charge in [-0.05, 0) is 43.4 Å². The summed E-state index contributed by atoms with van der Waals surface area (Å²) in [6.07, 6.45) is 11.3. The van der Waals surface area contributed by atoms with E-state index in [0.29, 0.717) is 11.3 Å². The number of aromatic nitrogens is 2. The molecule has 2 unspecified atom stereocenters. The van der Waals surface area contributed by atoms with Crippen LogP contribution in [0.2, 0.25) is 0 Å². The highest BCUT2D eigenvalue weighted by Crippen LogP contribution is 2.26. The predicted octanol–water partition coefficient (Wildman–Crippen LogP) is 1.14. The van der Waals surface area contributed by atoms with Gasteiger partial charge in [-0.25, -0.2) is 4.98 Å². The van der Waals surface area contributed by atoms with E-state index in [-0.39, 0.29) is 11.9 Å². The van der Waals surface area contributed by atoms with E-state index in [0.717, 1.165) is 24.5 Å². The Labute approximate surface area is 129 Å². The van der Waals surface area contributed by atoms with E-state index in [9.17, 15) is 4.79 Å². The molecule has 1 N–H and O–H groups in total. The molecule has 5 nitrogen and oxygen atoms in total. The van der Waals surface area contributed by atoms with Gasteiger partial charge in [0.25, 0.3) is 5.91 Å². The Bertz CT molecular complexity index is 761. The summed E-state index contributed by atoms with van der Waals surface area (Å²) in [5.74, 6) is 3.23. The second kappa shape index (κ2) is 5.15. The van der Waals surface area contributed by atoms with Gasteiger partial charge in [0, 0.05) is 31.5 Å². The van der Waals surface area contributed by atoms with Gasteiger partial charge in [-0.1, -0.05) is 0 Å². The predicted molar refractivity (Wildman–Crippen MR) is 83.5 cm³/mol. The molecular weight excluding hydrogens is 276 g/mol. The van der Waals surface area contributed by atoms with Crippen LogP contribution in [0.25, 0.3) is 5.65 Å². The molecule has 1 amide bonds. The highest BCUT2D eigenvalue weighted by Gasteiger charge is 2.32. The van der Waals surface area contributed by atoms with Gasteiger partial charge in [-0.15, -0.1) is 6.42 Å². The zero-order valence-corrected chi connectivity index (χ0v) is 12.3. The number of piperidine rings is 1. The summed E-state index contributed by atoms with van der Waals surface area (Å²) in [6, 6.07) is 3.88. The van der Waals surface area contributed by atoms with Crippen molar-refractivity contribution in [3.05, 3.63) is 35.8 Å². The highest BCUT2D eigenvalue weighted by molar-refractivity contribution is 5.94. The molecule has 4 heterocycles. The first kappa shape index (κ1) is 13.4. The number of carbonyl (C=O) groups excluding carboxylic acids is 1. The molecule has 0 aromatic carbocycles. The smallest absolute Gasteiger partial charge is 0.253 e. The SMILES string of the molecule is C#Cc1cn2cc(C(=O)N[C@@H]3CC4CCN(C4)C3)ccc2n1. The summed E-state index contributed by atoms with van der Waals surface area (Å²) >= 11 is 0. The molecule has 0 saturated carbocycles. The van der Waals surface area contributed by atoms with E-state index in [1.165, 1.54) is 19.5 Å². The van der Waals surface area contributed by atoms with Crippen LogP contribution in [-0.4, -0.2) is 45.9 Å². The number of nitrogens with zero attached hydrogens (tertiary/aromatic N) is 3. The lowest BCUT2D eigenvalue weighted by Crippen LogP contribution is -2.47. The maximum absolute atomic E-state index is 12.5. The maximum atomic E-state index is 12.5. The van der Waals surface area contributed by atoms with Crippen molar-refractivity contribution in [2.24, 2.45) is 5.92 Å². The fraction of sp³-hybridized carbons (Fsp3) is 0.412. The Hall–Kier alpha value is -2.32. The van der Waals surface area contributed by atoms with Gasteiger partial charge in [0.15, 0.2) is 0 Å². The Morgan fingerprint density at radius 3 is 3.09 bits per heavy atom. The third kappa shape index (κ3) is 2.36. The minimum Gasteiger partial charge on any atom is -0.348 e. The Kier molecular flexibility index (Phi) is 3.12. The average Bonchev–Trinajstić information content (AvgIpc) is 3.09. The van der Waals surface area contributed by atoms with Gasteiger partial charge in [0.05, 0.1) is 5.56 Å². The van der Waals surface area contributed by atoms with E-state index in [4.69, 9.17) is 6.42 Å². The van der Waals surface area contributed by atoms with Crippen molar-refractivity contribution in [2.45, 2.75) is 18.9 Å². The minimum absolute atomic E-state index is 0.0228. The van der Waals surface area contributed by atoms with Crippen molar-refractivity contribution in [3.63, 3.8) is 0 Å². The summed E-state index contributed by atoms with van der Waals surface area (Å²) < 4.78 is 1.80. The number of amides is 1. The second-order valence-corrected chi connectivity index (χ2v) is 6.27. The normalized spacial score (nSPS) is 26.8. The quantitative estimate of drug-likeness (QED) is 0.845. The highest BCUT2D eigenvalue weighted by atomic mass is 16.1. The maximum Gasteiger partial charge on any atom is 0.253 e. The molecule has 112 valence electrons. The number of fused-ring (bicyclic) bond motifs is 3. The van der Waals surface area contributed by atoms with Crippen LogP contribution in [0.3, 0.4) is 0 Å². The lowest BCUT2D eigenvalue weighted by Gasteiger charge is -2.30. The molecular formula is C17H18N4O. The van der Waals surface area contributed by atoms with E-state index in [2.05, 4.69) is 21.1 Å². The number of hydrogen-bond donors (Lipinski definition) is 1. The van der Waals surface area contributed by atoms with Crippen LogP contribution in [0.5, 0.6) is 0 Å². The molecule has 2 saturated heterocycles. The first-order valence-electron chi connectivity index (χ1n) is 7.70. The largest absolute Gasteiger partial charge is 0.348 e. The van der Waals surface area contributed by atoms with Gasteiger partial charge in [0.1, 0.15) is 11.3 Å². The molecule has 0 spiro atoms. The Morgan fingerprint density at radius 2 is 2.27 bits per heavy atom. The van der Waals surface area contributed by atoms with Crippen molar-refractivity contribution in [1.82, 2.24) is 19.6 Å². The molecule has 2 aliphatic heterocycles. The fourth-order valence-electron chi connectivity index (χ4n) is 3.63. The first-order valence-corrected chi connectivity index (χ1v) is 7.70. The van der Waals surface area contributed by atoms with Gasteiger partial charge in [-0.3, -0.25) is 4.79 Å². The number of nitrogens with one attached hydrogen (secondary N) is 1. The van der Waals surface area contributed by atoms with Crippen molar-refractivity contribution in [3.8, 4) is 12.3 Å². The number of imidazole rings is 1. The Morgan fingerprint density at radius 1 is 1.36 bits per heavy atom. The molecule has 0 aliphatic carbocycles. The lowest BCUT2D eigenvalue weighted by molar-refractivity contribution is 0.0909. The van der Waals surface area contributed by atoms with Crippen LogP contribution in [0.15, 0.2) is 24.5 Å². The lowest BCUT2D eigenvalue weighted by atomic mass is 9.96. The second-order valence-electron chi connectivity index (χ2n) is 6.27. The third-order valence-corrected chi connectivity index (χ3v) is 4.66. The van der Waals surface area contributed by atoms with E-state index >= 15 is 0 Å². The topological polar surface area (TPSA) is 49.6 Å². The summed E-state index contributed by atoms with van der Waals surface area (Å²) in [4.78, 5) is 19.2. The van der Waals surface area contributed by atoms with Crippen LogP contribution in [-0.2, 0) is 0 Å². The summed E-state index contributed by atoms with van der Waals surface area (Å²) in [5.41, 5.74) is 1.97. The third-order valence-electron chi connectivity index (χ3n) is 4.66. The standard InChI is InChI=1S/C17H18N4O/c1-2-14-11-21-9-13(3-4-16(21)18-14)17(22)19-15-7-12-5-6-20(8-12)10-15/h1,3-4,9,11-12,15H,5-8,10H2,(H,19,22)/t12?,15-/m1/s1. The number of carbonyl (C=O) groups is 1. The van der Waals surface area contributed by atoms with Crippen molar-refractivity contribution < 1.29 is 4.79 Å².